The fourth-order valence-electron chi connectivity index (χ4n) is 1.75. The maximum absolute atomic E-state index is 11.0. The lowest BCUT2D eigenvalue weighted by Gasteiger charge is -2.19. The van der Waals surface area contributed by atoms with E-state index >= 15 is 0 Å². The van der Waals surface area contributed by atoms with Crippen molar-refractivity contribution in [1.82, 2.24) is 15.1 Å². The fourth-order valence-corrected chi connectivity index (χ4v) is 2.43. The molecule has 0 saturated carbocycles. The van der Waals surface area contributed by atoms with Gasteiger partial charge < -0.3 is 5.32 Å². The van der Waals surface area contributed by atoms with Crippen LogP contribution in [-0.4, -0.2) is 32.0 Å². The molecule has 3 unspecified atom stereocenters. The highest BCUT2D eigenvalue weighted by atomic mass is 32.2. The summed E-state index contributed by atoms with van der Waals surface area (Å²) < 4.78 is 12.9. The van der Waals surface area contributed by atoms with Crippen molar-refractivity contribution in [2.75, 3.05) is 12.0 Å². The summed E-state index contributed by atoms with van der Waals surface area (Å²) in [5.41, 5.74) is 1.17. The first-order valence-corrected chi connectivity index (χ1v) is 7.27. The van der Waals surface area contributed by atoms with Gasteiger partial charge in [-0.2, -0.15) is 5.10 Å². The van der Waals surface area contributed by atoms with Crippen molar-refractivity contribution in [3.05, 3.63) is 18.0 Å². The minimum Gasteiger partial charge on any atom is -0.306 e. The molecule has 1 heterocycles. The van der Waals surface area contributed by atoms with Crippen LogP contribution in [0.3, 0.4) is 0 Å². The zero-order chi connectivity index (χ0) is 12.1. The SMILES string of the molecule is CC(CCS(C)=O)NC(C)c1ccnn1C. The second-order valence-electron chi connectivity index (χ2n) is 4.24. The summed E-state index contributed by atoms with van der Waals surface area (Å²) in [7, 11) is 1.24. The summed E-state index contributed by atoms with van der Waals surface area (Å²) >= 11 is 0. The average Bonchev–Trinajstić information content (AvgIpc) is 2.61. The number of hydrogen-bond donors (Lipinski definition) is 1. The van der Waals surface area contributed by atoms with Crippen molar-refractivity contribution in [3.63, 3.8) is 0 Å². The highest BCUT2D eigenvalue weighted by molar-refractivity contribution is 7.84. The Bertz CT molecular complexity index is 351. The van der Waals surface area contributed by atoms with Gasteiger partial charge in [0.2, 0.25) is 0 Å². The van der Waals surface area contributed by atoms with Gasteiger partial charge in [0.15, 0.2) is 0 Å². The number of hydrogen-bond acceptors (Lipinski definition) is 3. The molecule has 0 aromatic carbocycles. The van der Waals surface area contributed by atoms with Crippen LogP contribution in [0.25, 0.3) is 0 Å². The quantitative estimate of drug-likeness (QED) is 0.817. The molecule has 92 valence electrons. The lowest BCUT2D eigenvalue weighted by molar-refractivity contribution is 0.450. The van der Waals surface area contributed by atoms with Gasteiger partial charge in [0, 0.05) is 48.1 Å². The standard InChI is InChI=1S/C11H21N3OS/c1-9(6-8-16(4)15)13-10(2)11-5-7-12-14(11)3/h5,7,9-10,13H,6,8H2,1-4H3. The van der Waals surface area contributed by atoms with E-state index in [2.05, 4.69) is 24.3 Å². The first-order valence-electron chi connectivity index (χ1n) is 5.54. The molecule has 4 nitrogen and oxygen atoms in total. The molecule has 0 fully saturated rings. The summed E-state index contributed by atoms with van der Waals surface area (Å²) in [4.78, 5) is 0. The molecule has 1 N–H and O–H groups in total. The molecule has 0 amide bonds. The molecule has 0 radical (unpaired) electrons. The molecule has 16 heavy (non-hydrogen) atoms. The van der Waals surface area contributed by atoms with Crippen LogP contribution >= 0.6 is 0 Å². The van der Waals surface area contributed by atoms with Gasteiger partial charge in [0.1, 0.15) is 0 Å². The van der Waals surface area contributed by atoms with E-state index in [1.54, 1.807) is 12.5 Å². The van der Waals surface area contributed by atoms with Crippen LogP contribution in [0.5, 0.6) is 0 Å². The molecule has 3 atom stereocenters. The van der Waals surface area contributed by atoms with Crippen LogP contribution in [0.1, 0.15) is 32.0 Å². The summed E-state index contributed by atoms with van der Waals surface area (Å²) in [5, 5.41) is 7.63. The lowest BCUT2D eigenvalue weighted by Crippen LogP contribution is -2.31. The Morgan fingerprint density at radius 1 is 1.56 bits per heavy atom. The molecule has 1 rings (SSSR count). The van der Waals surface area contributed by atoms with E-state index in [0.717, 1.165) is 12.2 Å². The Hall–Kier alpha value is -0.680. The minimum atomic E-state index is -0.700. The van der Waals surface area contributed by atoms with Crippen LogP contribution in [-0.2, 0) is 17.8 Å². The number of nitrogens with one attached hydrogen (secondary N) is 1. The van der Waals surface area contributed by atoms with Crippen molar-refractivity contribution in [2.45, 2.75) is 32.4 Å². The molecular formula is C11H21N3OS. The molecule has 1 aromatic heterocycles. The van der Waals surface area contributed by atoms with Crippen LogP contribution in [0.15, 0.2) is 12.3 Å². The molecule has 1 aromatic rings. The number of aryl methyl sites for hydroxylation is 1. The summed E-state index contributed by atoms with van der Waals surface area (Å²) in [5.74, 6) is 0.756. The molecule has 0 aliphatic rings. The normalized spacial score (nSPS) is 17.0. The Balaban J connectivity index is 2.42. The Labute approximate surface area is 99.9 Å². The number of nitrogens with zero attached hydrogens (tertiary/aromatic N) is 2. The predicted octanol–water partition coefficient (Wildman–Crippen LogP) is 1.23. The van der Waals surface area contributed by atoms with E-state index in [0.29, 0.717) is 6.04 Å². The van der Waals surface area contributed by atoms with E-state index in [1.807, 2.05) is 17.8 Å². The second-order valence-corrected chi connectivity index (χ2v) is 5.79. The summed E-state index contributed by atoms with van der Waals surface area (Å²) in [6.07, 6.45) is 4.49. The van der Waals surface area contributed by atoms with Gasteiger partial charge in [0.05, 0.1) is 5.69 Å². The Kier molecular flexibility index (Phi) is 5.15. The van der Waals surface area contributed by atoms with E-state index in [9.17, 15) is 4.21 Å². The Morgan fingerprint density at radius 2 is 2.25 bits per heavy atom. The van der Waals surface area contributed by atoms with Crippen molar-refractivity contribution < 1.29 is 4.21 Å². The zero-order valence-electron chi connectivity index (χ0n) is 10.4. The largest absolute Gasteiger partial charge is 0.306 e. The molecule has 0 bridgehead atoms. The van der Waals surface area contributed by atoms with Gasteiger partial charge in [-0.25, -0.2) is 0 Å². The zero-order valence-corrected chi connectivity index (χ0v) is 11.3. The summed E-state index contributed by atoms with van der Waals surface area (Å²) in [6, 6.07) is 2.66. The maximum Gasteiger partial charge on any atom is 0.0547 e. The maximum atomic E-state index is 11.0. The third-order valence-electron chi connectivity index (χ3n) is 2.68. The number of rotatable bonds is 6. The van der Waals surface area contributed by atoms with E-state index in [-0.39, 0.29) is 6.04 Å². The fraction of sp³-hybridized carbons (Fsp3) is 0.727. The predicted molar refractivity (Wildman–Crippen MR) is 67.8 cm³/mol. The average molecular weight is 243 g/mol. The van der Waals surface area contributed by atoms with Crippen LogP contribution in [0, 0.1) is 0 Å². The molecule has 5 heteroatoms. The molecule has 0 spiro atoms. The van der Waals surface area contributed by atoms with Crippen molar-refractivity contribution in [2.24, 2.45) is 7.05 Å². The second kappa shape index (κ2) is 6.15. The van der Waals surface area contributed by atoms with Gasteiger partial charge >= 0.3 is 0 Å². The van der Waals surface area contributed by atoms with Crippen LogP contribution in [0.4, 0.5) is 0 Å². The first-order chi connectivity index (χ1) is 7.50. The highest BCUT2D eigenvalue weighted by Crippen LogP contribution is 2.11. The lowest BCUT2D eigenvalue weighted by atomic mass is 10.2. The topological polar surface area (TPSA) is 46.9 Å². The van der Waals surface area contributed by atoms with Gasteiger partial charge in [-0.3, -0.25) is 8.89 Å². The van der Waals surface area contributed by atoms with E-state index in [4.69, 9.17) is 0 Å². The van der Waals surface area contributed by atoms with E-state index in [1.165, 1.54) is 5.69 Å². The van der Waals surface area contributed by atoms with Gasteiger partial charge in [0.25, 0.3) is 0 Å². The first kappa shape index (κ1) is 13.4. The van der Waals surface area contributed by atoms with Crippen molar-refractivity contribution in [3.8, 4) is 0 Å². The minimum absolute atomic E-state index is 0.271. The van der Waals surface area contributed by atoms with Gasteiger partial charge in [-0.05, 0) is 26.3 Å². The third-order valence-corrected chi connectivity index (χ3v) is 3.49. The highest BCUT2D eigenvalue weighted by Gasteiger charge is 2.12. The Morgan fingerprint density at radius 3 is 2.75 bits per heavy atom. The number of aromatic nitrogens is 2. The monoisotopic (exact) mass is 243 g/mol. The van der Waals surface area contributed by atoms with Crippen molar-refractivity contribution in [1.29, 1.82) is 0 Å². The molecule has 0 saturated heterocycles. The van der Waals surface area contributed by atoms with Gasteiger partial charge in [-0.1, -0.05) is 0 Å². The van der Waals surface area contributed by atoms with Crippen LogP contribution < -0.4 is 5.32 Å². The third kappa shape index (κ3) is 4.06. The molecule has 0 aliphatic heterocycles. The van der Waals surface area contributed by atoms with E-state index < -0.39 is 10.8 Å². The smallest absolute Gasteiger partial charge is 0.0547 e. The van der Waals surface area contributed by atoms with Crippen molar-refractivity contribution >= 4 is 10.8 Å². The summed E-state index contributed by atoms with van der Waals surface area (Å²) in [6.45, 7) is 4.25. The molecule has 0 aliphatic carbocycles. The van der Waals surface area contributed by atoms with Crippen LogP contribution in [0.2, 0.25) is 0 Å². The van der Waals surface area contributed by atoms with Gasteiger partial charge in [-0.15, -0.1) is 0 Å². The molecular weight excluding hydrogens is 222 g/mol.